The molecular weight excluding hydrogens is 274 g/mol. The van der Waals surface area contributed by atoms with Gasteiger partial charge >= 0.3 is 0 Å². The lowest BCUT2D eigenvalue weighted by molar-refractivity contribution is 0.00105. The normalized spacial score (nSPS) is 30.6. The van der Waals surface area contributed by atoms with Crippen molar-refractivity contribution >= 4 is 0 Å². The molecule has 4 atom stereocenters. The topological polar surface area (TPSA) is 41.3 Å². The van der Waals surface area contributed by atoms with E-state index in [0.29, 0.717) is 24.5 Å². The molecule has 3 aliphatic heterocycles. The SMILES string of the molecule is Cn1nc(-c2ccccc2)cc1C1CN2CCC1CC2CO. The summed E-state index contributed by atoms with van der Waals surface area (Å²) in [7, 11) is 2.06. The molecule has 2 aromatic rings. The Balaban J connectivity index is 1.63. The first kappa shape index (κ1) is 14.0. The van der Waals surface area contributed by atoms with Crippen molar-refractivity contribution in [2.45, 2.75) is 24.8 Å². The largest absolute Gasteiger partial charge is 0.395 e. The molecule has 3 aliphatic rings. The third-order valence-electron chi connectivity index (χ3n) is 5.45. The molecule has 116 valence electrons. The Hall–Kier alpha value is -1.65. The fourth-order valence-electron chi connectivity index (χ4n) is 4.24. The van der Waals surface area contributed by atoms with Crippen molar-refractivity contribution in [3.05, 3.63) is 42.1 Å². The molecule has 0 spiro atoms. The Morgan fingerprint density at radius 2 is 2.09 bits per heavy atom. The minimum atomic E-state index is 0.296. The minimum Gasteiger partial charge on any atom is -0.395 e. The van der Waals surface area contributed by atoms with E-state index in [1.807, 2.05) is 6.07 Å². The number of hydrogen-bond acceptors (Lipinski definition) is 3. The molecule has 0 aliphatic carbocycles. The summed E-state index contributed by atoms with van der Waals surface area (Å²) >= 11 is 0. The monoisotopic (exact) mass is 297 g/mol. The third kappa shape index (κ3) is 2.27. The van der Waals surface area contributed by atoms with Gasteiger partial charge in [-0.3, -0.25) is 9.58 Å². The van der Waals surface area contributed by atoms with Crippen LogP contribution in [0.5, 0.6) is 0 Å². The summed E-state index contributed by atoms with van der Waals surface area (Å²) < 4.78 is 2.06. The van der Waals surface area contributed by atoms with Gasteiger partial charge in [0.1, 0.15) is 0 Å². The van der Waals surface area contributed by atoms with Gasteiger partial charge in [0.05, 0.1) is 12.3 Å². The molecule has 1 aromatic carbocycles. The first-order valence-electron chi connectivity index (χ1n) is 8.20. The summed E-state index contributed by atoms with van der Waals surface area (Å²) in [6.07, 6.45) is 2.36. The number of benzene rings is 1. The van der Waals surface area contributed by atoms with Crippen LogP contribution in [0.3, 0.4) is 0 Å². The zero-order valence-corrected chi connectivity index (χ0v) is 13.0. The first-order chi connectivity index (χ1) is 10.8. The molecular formula is C18H23N3O. The van der Waals surface area contributed by atoms with Crippen molar-refractivity contribution in [3.63, 3.8) is 0 Å². The lowest BCUT2D eigenvalue weighted by Crippen LogP contribution is -2.53. The molecule has 0 amide bonds. The number of nitrogens with zero attached hydrogens (tertiary/aromatic N) is 3. The van der Waals surface area contributed by atoms with E-state index < -0.39 is 0 Å². The predicted molar refractivity (Wildman–Crippen MR) is 86.6 cm³/mol. The smallest absolute Gasteiger partial charge is 0.0926 e. The maximum atomic E-state index is 9.52. The van der Waals surface area contributed by atoms with E-state index in [-0.39, 0.29) is 0 Å². The van der Waals surface area contributed by atoms with E-state index in [1.165, 1.54) is 17.7 Å². The van der Waals surface area contributed by atoms with Gasteiger partial charge in [0.25, 0.3) is 0 Å². The van der Waals surface area contributed by atoms with Crippen LogP contribution < -0.4 is 0 Å². The van der Waals surface area contributed by atoms with Gasteiger partial charge in [-0.05, 0) is 31.4 Å². The van der Waals surface area contributed by atoms with Gasteiger partial charge in [-0.2, -0.15) is 5.10 Å². The zero-order valence-electron chi connectivity index (χ0n) is 13.0. The van der Waals surface area contributed by atoms with Crippen LogP contribution in [-0.4, -0.2) is 45.5 Å². The van der Waals surface area contributed by atoms with Crippen molar-refractivity contribution in [2.75, 3.05) is 19.7 Å². The molecule has 4 nitrogen and oxygen atoms in total. The molecule has 2 bridgehead atoms. The fourth-order valence-corrected chi connectivity index (χ4v) is 4.24. The number of aromatic nitrogens is 2. The highest BCUT2D eigenvalue weighted by Gasteiger charge is 2.41. The average Bonchev–Trinajstić information content (AvgIpc) is 2.97. The van der Waals surface area contributed by atoms with Crippen LogP contribution in [-0.2, 0) is 7.05 Å². The number of aliphatic hydroxyl groups is 1. The van der Waals surface area contributed by atoms with Crippen molar-refractivity contribution in [1.82, 2.24) is 14.7 Å². The molecule has 22 heavy (non-hydrogen) atoms. The third-order valence-corrected chi connectivity index (χ3v) is 5.45. The second kappa shape index (κ2) is 5.52. The van der Waals surface area contributed by atoms with Gasteiger partial charge in [0, 0.05) is 36.8 Å². The Bertz CT molecular complexity index is 652. The first-order valence-corrected chi connectivity index (χ1v) is 8.20. The summed E-state index contributed by atoms with van der Waals surface area (Å²) in [5, 5.41) is 14.2. The predicted octanol–water partition coefficient (Wildman–Crippen LogP) is 2.26. The van der Waals surface area contributed by atoms with Crippen LogP contribution in [0.15, 0.2) is 36.4 Å². The van der Waals surface area contributed by atoms with E-state index in [4.69, 9.17) is 5.10 Å². The van der Waals surface area contributed by atoms with Crippen LogP contribution in [0.2, 0.25) is 0 Å². The van der Waals surface area contributed by atoms with Crippen LogP contribution in [0.25, 0.3) is 11.3 Å². The average molecular weight is 297 g/mol. The van der Waals surface area contributed by atoms with Crippen LogP contribution in [0.1, 0.15) is 24.5 Å². The summed E-state index contributed by atoms with van der Waals surface area (Å²) in [5.74, 6) is 1.23. The quantitative estimate of drug-likeness (QED) is 0.945. The van der Waals surface area contributed by atoms with Crippen LogP contribution in [0.4, 0.5) is 0 Å². The van der Waals surface area contributed by atoms with Crippen LogP contribution >= 0.6 is 0 Å². The Labute approximate surface area is 131 Å². The van der Waals surface area contributed by atoms with E-state index in [0.717, 1.165) is 25.2 Å². The molecule has 3 saturated heterocycles. The zero-order chi connectivity index (χ0) is 15.1. The molecule has 4 heteroatoms. The lowest BCUT2D eigenvalue weighted by Gasteiger charge is -2.49. The van der Waals surface area contributed by atoms with Crippen molar-refractivity contribution in [1.29, 1.82) is 0 Å². The summed E-state index contributed by atoms with van der Waals surface area (Å²) in [4.78, 5) is 2.46. The highest BCUT2D eigenvalue weighted by atomic mass is 16.3. The van der Waals surface area contributed by atoms with Gasteiger partial charge in [0.2, 0.25) is 0 Å². The van der Waals surface area contributed by atoms with Crippen molar-refractivity contribution < 1.29 is 5.11 Å². The summed E-state index contributed by atoms with van der Waals surface area (Å²) in [5.41, 5.74) is 3.58. The summed E-state index contributed by atoms with van der Waals surface area (Å²) in [6, 6.07) is 13.0. The van der Waals surface area contributed by atoms with Crippen molar-refractivity contribution in [3.8, 4) is 11.3 Å². The molecule has 3 fully saturated rings. The van der Waals surface area contributed by atoms with E-state index >= 15 is 0 Å². The number of aryl methyl sites for hydroxylation is 1. The van der Waals surface area contributed by atoms with Gasteiger partial charge in [-0.15, -0.1) is 0 Å². The maximum Gasteiger partial charge on any atom is 0.0926 e. The van der Waals surface area contributed by atoms with Gasteiger partial charge in [0.15, 0.2) is 0 Å². The second-order valence-electron chi connectivity index (χ2n) is 6.67. The van der Waals surface area contributed by atoms with Crippen molar-refractivity contribution in [2.24, 2.45) is 13.0 Å². The number of rotatable bonds is 3. The number of fused-ring (bicyclic) bond motifs is 3. The Morgan fingerprint density at radius 1 is 1.27 bits per heavy atom. The Morgan fingerprint density at radius 3 is 2.77 bits per heavy atom. The van der Waals surface area contributed by atoms with E-state index in [1.54, 1.807) is 0 Å². The van der Waals surface area contributed by atoms with Crippen LogP contribution in [0, 0.1) is 5.92 Å². The molecule has 1 N–H and O–H groups in total. The van der Waals surface area contributed by atoms with E-state index in [9.17, 15) is 5.11 Å². The molecule has 0 saturated carbocycles. The molecule has 4 unspecified atom stereocenters. The maximum absolute atomic E-state index is 9.52. The van der Waals surface area contributed by atoms with Gasteiger partial charge in [-0.1, -0.05) is 30.3 Å². The van der Waals surface area contributed by atoms with Gasteiger partial charge in [-0.25, -0.2) is 0 Å². The highest BCUT2D eigenvalue weighted by molar-refractivity contribution is 5.59. The fraction of sp³-hybridized carbons (Fsp3) is 0.500. The lowest BCUT2D eigenvalue weighted by atomic mass is 9.74. The standard InChI is InChI=1S/C18H23N3O/c1-20-18(10-17(19-20)13-5-3-2-4-6-13)16-11-21-8-7-14(16)9-15(21)12-22/h2-6,10,14-16,22H,7-9,11-12H2,1H3. The van der Waals surface area contributed by atoms with E-state index in [2.05, 4.69) is 47.0 Å². The molecule has 1 aromatic heterocycles. The molecule has 5 rings (SSSR count). The molecule has 4 heterocycles. The number of hydrogen-bond donors (Lipinski definition) is 1. The molecule has 0 radical (unpaired) electrons. The van der Waals surface area contributed by atoms with Gasteiger partial charge < -0.3 is 5.11 Å². The Kier molecular flexibility index (Phi) is 3.51. The highest BCUT2D eigenvalue weighted by Crippen LogP contribution is 2.42. The number of piperidine rings is 3. The minimum absolute atomic E-state index is 0.296. The number of aliphatic hydroxyl groups excluding tert-OH is 1. The summed E-state index contributed by atoms with van der Waals surface area (Å²) in [6.45, 7) is 2.49. The second-order valence-corrected chi connectivity index (χ2v) is 6.67.